The van der Waals surface area contributed by atoms with Gasteiger partial charge in [0.25, 0.3) is 10.0 Å². The Hall–Kier alpha value is -3.63. The van der Waals surface area contributed by atoms with E-state index >= 15 is 0 Å². The standard InChI is InChI=1S/C37H43F3N2O3SSi/c1-23(2)47(24(3)4,25(5)6)34(22-30-21-27-12-10-11-13-32(27)45-30)35(41-29-17-15-28(16-18-29)37(38,39)40)42-36(8,9)31-20-26(7)14-19-33(31)46(42,43)44/h10-25H,1-9H3/b34-22+,41-35?. The van der Waals surface area contributed by atoms with E-state index in [1.807, 2.05) is 63.2 Å². The van der Waals surface area contributed by atoms with Crippen LogP contribution in [0.5, 0.6) is 0 Å². The molecule has 2 heterocycles. The van der Waals surface area contributed by atoms with E-state index in [1.54, 1.807) is 12.1 Å². The first kappa shape index (κ1) is 34.7. The average molecular weight is 681 g/mol. The molecule has 0 N–H and O–H groups in total. The summed E-state index contributed by atoms with van der Waals surface area (Å²) in [5.41, 5.74) is 1.02. The van der Waals surface area contributed by atoms with E-state index in [2.05, 4.69) is 41.5 Å². The van der Waals surface area contributed by atoms with Gasteiger partial charge in [0.1, 0.15) is 17.2 Å². The van der Waals surface area contributed by atoms with E-state index in [4.69, 9.17) is 9.41 Å². The number of para-hydroxylation sites is 1. The molecule has 250 valence electrons. The van der Waals surface area contributed by atoms with Gasteiger partial charge in [-0.3, -0.25) is 0 Å². The highest BCUT2D eigenvalue weighted by atomic mass is 32.2. The predicted molar refractivity (Wildman–Crippen MR) is 187 cm³/mol. The Morgan fingerprint density at radius 1 is 0.894 bits per heavy atom. The van der Waals surface area contributed by atoms with Crippen LogP contribution in [0, 0.1) is 6.92 Å². The van der Waals surface area contributed by atoms with Gasteiger partial charge < -0.3 is 4.42 Å². The van der Waals surface area contributed by atoms with Gasteiger partial charge in [-0.15, -0.1) is 0 Å². The summed E-state index contributed by atoms with van der Waals surface area (Å²) in [6, 6.07) is 19.5. The van der Waals surface area contributed by atoms with Crippen molar-refractivity contribution in [3.05, 3.63) is 100 Å². The molecule has 1 aromatic heterocycles. The van der Waals surface area contributed by atoms with E-state index in [0.717, 1.165) is 28.3 Å². The Bertz CT molecular complexity index is 1920. The molecule has 4 aromatic rings. The Morgan fingerprint density at radius 3 is 2.04 bits per heavy atom. The minimum absolute atomic E-state index is 0.133. The topological polar surface area (TPSA) is 62.9 Å². The van der Waals surface area contributed by atoms with Gasteiger partial charge in [-0.2, -0.15) is 13.2 Å². The fraction of sp³-hybridized carbons (Fsp3) is 0.378. The number of hydrogen-bond acceptors (Lipinski definition) is 4. The number of halogens is 3. The Kier molecular flexibility index (Phi) is 8.94. The zero-order valence-corrected chi connectivity index (χ0v) is 30.2. The molecule has 0 fully saturated rings. The summed E-state index contributed by atoms with van der Waals surface area (Å²) in [5, 5.41) is 1.68. The van der Waals surface area contributed by atoms with Gasteiger partial charge in [-0.25, -0.2) is 17.7 Å². The minimum atomic E-state index is -4.52. The van der Waals surface area contributed by atoms with Gasteiger partial charge in [-0.05, 0) is 96.7 Å². The van der Waals surface area contributed by atoms with E-state index in [1.165, 1.54) is 16.4 Å². The highest BCUT2D eigenvalue weighted by Gasteiger charge is 2.55. The lowest BCUT2D eigenvalue weighted by Gasteiger charge is -2.47. The lowest BCUT2D eigenvalue weighted by Crippen LogP contribution is -2.54. The van der Waals surface area contributed by atoms with Crippen LogP contribution in [0.1, 0.15) is 77.8 Å². The Balaban J connectivity index is 1.92. The molecular weight excluding hydrogens is 638 g/mol. The summed E-state index contributed by atoms with van der Waals surface area (Å²) < 4.78 is 77.9. The number of hydrogen-bond donors (Lipinski definition) is 0. The molecule has 3 aromatic carbocycles. The number of alkyl halides is 3. The number of rotatable bonds is 7. The van der Waals surface area contributed by atoms with Crippen LogP contribution in [-0.4, -0.2) is 26.6 Å². The maximum Gasteiger partial charge on any atom is 0.416 e. The third kappa shape index (κ3) is 5.88. The van der Waals surface area contributed by atoms with E-state index in [0.29, 0.717) is 16.9 Å². The third-order valence-corrected chi connectivity index (χ3v) is 18.8. The molecule has 0 aliphatic carbocycles. The van der Waals surface area contributed by atoms with Crippen LogP contribution >= 0.6 is 0 Å². The number of furan rings is 1. The highest BCUT2D eigenvalue weighted by molar-refractivity contribution is 7.90. The Labute approximate surface area is 277 Å². The zero-order chi connectivity index (χ0) is 34.7. The molecule has 1 aliphatic rings. The molecule has 1 aliphatic heterocycles. The van der Waals surface area contributed by atoms with Crippen LogP contribution in [0.2, 0.25) is 16.6 Å². The van der Waals surface area contributed by atoms with Gasteiger partial charge in [0.15, 0.2) is 0 Å². The van der Waals surface area contributed by atoms with Gasteiger partial charge >= 0.3 is 6.18 Å². The van der Waals surface area contributed by atoms with Gasteiger partial charge in [0, 0.05) is 5.39 Å². The zero-order valence-electron chi connectivity index (χ0n) is 28.4. The monoisotopic (exact) mass is 680 g/mol. The molecule has 5 nitrogen and oxygen atoms in total. The molecule has 5 rings (SSSR count). The summed E-state index contributed by atoms with van der Waals surface area (Å²) in [5.74, 6) is 0.773. The number of amidine groups is 1. The molecule has 0 spiro atoms. The van der Waals surface area contributed by atoms with Crippen LogP contribution in [0.25, 0.3) is 17.0 Å². The van der Waals surface area contributed by atoms with Crippen molar-refractivity contribution in [3.63, 3.8) is 0 Å². The van der Waals surface area contributed by atoms with E-state index < -0.39 is 35.4 Å². The van der Waals surface area contributed by atoms with Crippen molar-refractivity contribution in [2.75, 3.05) is 0 Å². The molecule has 0 saturated heterocycles. The lowest BCUT2D eigenvalue weighted by atomic mass is 9.93. The molecule has 0 radical (unpaired) electrons. The smallest absolute Gasteiger partial charge is 0.416 e. The van der Waals surface area contributed by atoms with Crippen LogP contribution in [-0.2, 0) is 21.7 Å². The summed E-state index contributed by atoms with van der Waals surface area (Å²) in [6.45, 7) is 18.7. The van der Waals surface area contributed by atoms with Crippen LogP contribution in [0.4, 0.5) is 18.9 Å². The number of aliphatic imine (C=N–C) groups is 1. The molecule has 0 saturated carbocycles. The third-order valence-electron chi connectivity index (χ3n) is 9.75. The Morgan fingerprint density at radius 2 is 1.49 bits per heavy atom. The van der Waals surface area contributed by atoms with Crippen molar-refractivity contribution in [3.8, 4) is 0 Å². The molecule has 10 heteroatoms. The first-order valence-corrected chi connectivity index (χ1v) is 19.6. The first-order chi connectivity index (χ1) is 21.8. The number of benzene rings is 3. The van der Waals surface area contributed by atoms with E-state index in [9.17, 15) is 21.6 Å². The van der Waals surface area contributed by atoms with Crippen molar-refractivity contribution < 1.29 is 26.0 Å². The second-order valence-corrected chi connectivity index (χ2v) is 21.6. The number of fused-ring (bicyclic) bond motifs is 2. The molecule has 0 amide bonds. The minimum Gasteiger partial charge on any atom is -0.457 e. The molecule has 0 unspecified atom stereocenters. The van der Waals surface area contributed by atoms with Gasteiger partial charge in [0.2, 0.25) is 0 Å². The van der Waals surface area contributed by atoms with E-state index in [-0.39, 0.29) is 33.0 Å². The second-order valence-electron chi connectivity index (χ2n) is 13.9. The fourth-order valence-electron chi connectivity index (χ4n) is 7.83. The highest BCUT2D eigenvalue weighted by Crippen LogP contribution is 2.52. The van der Waals surface area contributed by atoms with Gasteiger partial charge in [0.05, 0.1) is 29.8 Å². The van der Waals surface area contributed by atoms with Crippen molar-refractivity contribution in [1.29, 1.82) is 0 Å². The van der Waals surface area contributed by atoms with Crippen molar-refractivity contribution in [1.82, 2.24) is 4.31 Å². The quantitative estimate of drug-likeness (QED) is 0.111. The molecular formula is C37H43F3N2O3SSi. The van der Waals surface area contributed by atoms with Crippen LogP contribution in [0.3, 0.4) is 0 Å². The normalized spacial score (nSPS) is 17.0. The largest absolute Gasteiger partial charge is 0.457 e. The fourth-order valence-corrected chi connectivity index (χ4v) is 16.8. The summed E-state index contributed by atoms with van der Waals surface area (Å²) in [4.78, 5) is 5.24. The maximum atomic E-state index is 14.7. The molecule has 0 bridgehead atoms. The summed E-state index contributed by atoms with van der Waals surface area (Å²) in [7, 11) is -6.92. The van der Waals surface area contributed by atoms with Crippen molar-refractivity contribution in [2.24, 2.45) is 4.99 Å². The number of aryl methyl sites for hydroxylation is 1. The summed E-state index contributed by atoms with van der Waals surface area (Å²) >= 11 is 0. The van der Waals surface area contributed by atoms with Crippen molar-refractivity contribution in [2.45, 2.75) is 95.5 Å². The predicted octanol–water partition coefficient (Wildman–Crippen LogP) is 11.0. The average Bonchev–Trinajstić information content (AvgIpc) is 3.44. The molecule has 47 heavy (non-hydrogen) atoms. The maximum absolute atomic E-state index is 14.7. The number of nitrogens with zero attached hydrogens (tertiary/aromatic N) is 2. The number of sulfonamides is 1. The van der Waals surface area contributed by atoms with Gasteiger partial charge in [-0.1, -0.05) is 77.4 Å². The molecule has 0 atom stereocenters. The SMILES string of the molecule is Cc1ccc2c(c1)C(C)(C)N(C(=Nc1ccc(C(F)(F)F)cc1)/C(=C\c1cc3ccccc3o1)[Si](C(C)C)(C(C)C)C(C)C)S2(=O)=O. The van der Waals surface area contributed by atoms with Crippen LogP contribution < -0.4 is 0 Å². The van der Waals surface area contributed by atoms with Crippen molar-refractivity contribution >= 4 is 46.7 Å². The first-order valence-electron chi connectivity index (χ1n) is 16.0. The lowest BCUT2D eigenvalue weighted by molar-refractivity contribution is -0.137. The second kappa shape index (κ2) is 12.1. The van der Waals surface area contributed by atoms with Crippen LogP contribution in [0.15, 0.2) is 92.3 Å². The summed E-state index contributed by atoms with van der Waals surface area (Å²) in [6.07, 6.45) is -2.57.